The SMILES string of the molecule is O.O.O.[Dy].[Fe]. The molecular weight excluding hydrogens is 266 g/mol. The van der Waals surface area contributed by atoms with Crippen LogP contribution in [0, 0.1) is 38.2 Å². The molecule has 0 bridgehead atoms. The quantitative estimate of drug-likeness (QED) is 0.437. The fraction of sp³-hybridized carbons (Fsp3) is 0. The first-order chi connectivity index (χ1) is 0. The van der Waals surface area contributed by atoms with E-state index in [0.29, 0.717) is 0 Å². The van der Waals surface area contributed by atoms with Crippen molar-refractivity contribution in [2.24, 2.45) is 0 Å². The Morgan fingerprint density at radius 2 is 0.600 bits per heavy atom. The van der Waals surface area contributed by atoms with Crippen LogP contribution < -0.4 is 0 Å². The molecule has 0 amide bonds. The van der Waals surface area contributed by atoms with E-state index in [4.69, 9.17) is 0 Å². The third kappa shape index (κ3) is 27.4. The summed E-state index contributed by atoms with van der Waals surface area (Å²) in [6, 6.07) is 0. The third-order valence-electron chi connectivity index (χ3n) is 0. The topological polar surface area (TPSA) is 94.5 Å². The normalized spacial score (nSPS) is 0. The molecule has 0 aliphatic carbocycles. The Bertz CT molecular complexity index is 6.85. The van der Waals surface area contributed by atoms with Crippen molar-refractivity contribution >= 4 is 0 Å². The minimum atomic E-state index is 0. The van der Waals surface area contributed by atoms with E-state index >= 15 is 0 Å². The summed E-state index contributed by atoms with van der Waals surface area (Å²) in [6.45, 7) is 0. The molecule has 6 N–H and O–H groups in total. The van der Waals surface area contributed by atoms with Crippen molar-refractivity contribution in [3.8, 4) is 0 Å². The summed E-state index contributed by atoms with van der Waals surface area (Å²) in [6.07, 6.45) is 0. The average molecular weight is 272 g/mol. The Balaban J connectivity index is 0. The van der Waals surface area contributed by atoms with E-state index in [0.717, 1.165) is 0 Å². The Morgan fingerprint density at radius 3 is 0.600 bits per heavy atom. The Hall–Kier alpha value is 1.67. The van der Waals surface area contributed by atoms with Gasteiger partial charge in [0.1, 0.15) is 0 Å². The van der Waals surface area contributed by atoms with Gasteiger partial charge in [-0.25, -0.2) is 0 Å². The van der Waals surface area contributed by atoms with Crippen LogP contribution in [0.1, 0.15) is 0 Å². The fourth-order valence-corrected chi connectivity index (χ4v) is 0. The molecule has 0 radical (unpaired) electrons. The Morgan fingerprint density at radius 1 is 0.600 bits per heavy atom. The van der Waals surface area contributed by atoms with Crippen LogP contribution in [0.2, 0.25) is 0 Å². The van der Waals surface area contributed by atoms with E-state index in [1.807, 2.05) is 0 Å². The van der Waals surface area contributed by atoms with Gasteiger partial charge in [-0.05, 0) is 0 Å². The van der Waals surface area contributed by atoms with Crippen molar-refractivity contribution in [3.05, 3.63) is 0 Å². The molecule has 0 rings (SSSR count). The van der Waals surface area contributed by atoms with E-state index in [-0.39, 0.29) is 71.7 Å². The second kappa shape index (κ2) is 44.3. The van der Waals surface area contributed by atoms with Gasteiger partial charge in [0.05, 0.1) is 0 Å². The zero-order chi connectivity index (χ0) is 0. The molecule has 5 heteroatoms. The van der Waals surface area contributed by atoms with E-state index in [9.17, 15) is 0 Å². The van der Waals surface area contributed by atoms with Gasteiger partial charge in [-0.2, -0.15) is 0 Å². The molecule has 0 heterocycles. The molecule has 3 nitrogen and oxygen atoms in total. The van der Waals surface area contributed by atoms with Gasteiger partial charge in [-0.3, -0.25) is 0 Å². The Kier molecular flexibility index (Phi) is 680. The second-order valence-electron chi connectivity index (χ2n) is 0. The van der Waals surface area contributed by atoms with Gasteiger partial charge in [0, 0.05) is 55.2 Å². The van der Waals surface area contributed by atoms with Crippen LogP contribution in [0.5, 0.6) is 0 Å². The van der Waals surface area contributed by atoms with E-state index < -0.39 is 0 Å². The molecule has 5 heavy (non-hydrogen) atoms. The molecule has 0 aromatic rings. The molecule has 0 unspecified atom stereocenters. The van der Waals surface area contributed by atoms with Gasteiger partial charge in [0.25, 0.3) is 0 Å². The number of hydrogen-bond acceptors (Lipinski definition) is 0. The van der Waals surface area contributed by atoms with Crippen LogP contribution in [-0.2, 0) is 17.1 Å². The second-order valence-corrected chi connectivity index (χ2v) is 0. The molecule has 0 atom stereocenters. The van der Waals surface area contributed by atoms with Crippen LogP contribution in [-0.4, -0.2) is 16.4 Å². The first-order valence-corrected chi connectivity index (χ1v) is 0. The first-order valence-electron chi connectivity index (χ1n) is 0. The first kappa shape index (κ1) is 76.8. The Labute approximate surface area is 70.9 Å². The van der Waals surface area contributed by atoms with Crippen LogP contribution in [0.4, 0.5) is 0 Å². The monoisotopic (exact) mass is 274 g/mol. The molecule has 0 aromatic heterocycles. The van der Waals surface area contributed by atoms with Crippen LogP contribution in [0.3, 0.4) is 0 Å². The molecule has 0 aliphatic rings. The van der Waals surface area contributed by atoms with Crippen molar-refractivity contribution in [1.29, 1.82) is 0 Å². The molecule has 0 saturated carbocycles. The number of hydrogen-bond donors (Lipinski definition) is 0. The molecule has 0 aliphatic heterocycles. The minimum absolute atomic E-state index is 0. The maximum absolute atomic E-state index is 0. The minimum Gasteiger partial charge on any atom is -0.412 e. The van der Waals surface area contributed by atoms with Crippen molar-refractivity contribution in [1.82, 2.24) is 0 Å². The maximum atomic E-state index is 0. The van der Waals surface area contributed by atoms with Gasteiger partial charge in [0.2, 0.25) is 0 Å². The van der Waals surface area contributed by atoms with Gasteiger partial charge in [0.15, 0.2) is 0 Å². The average Bonchev–Trinajstić information content (AvgIpc) is 0. The summed E-state index contributed by atoms with van der Waals surface area (Å²) < 4.78 is 0. The van der Waals surface area contributed by atoms with Crippen molar-refractivity contribution < 1.29 is 71.7 Å². The van der Waals surface area contributed by atoms with E-state index in [1.54, 1.807) is 0 Å². The zero-order valence-corrected chi connectivity index (χ0v) is 5.30. The van der Waals surface area contributed by atoms with Crippen LogP contribution in [0.25, 0.3) is 0 Å². The largest absolute Gasteiger partial charge is 0.412 e. The summed E-state index contributed by atoms with van der Waals surface area (Å²) in [5, 5.41) is 0. The molecule has 0 spiro atoms. The fourth-order valence-electron chi connectivity index (χ4n) is 0. The molecule has 0 saturated heterocycles. The van der Waals surface area contributed by atoms with Crippen molar-refractivity contribution in [2.45, 2.75) is 0 Å². The van der Waals surface area contributed by atoms with Crippen molar-refractivity contribution in [2.75, 3.05) is 0 Å². The summed E-state index contributed by atoms with van der Waals surface area (Å²) in [4.78, 5) is 0. The van der Waals surface area contributed by atoms with Gasteiger partial charge in [-0.1, -0.05) is 0 Å². The third-order valence-corrected chi connectivity index (χ3v) is 0. The maximum Gasteiger partial charge on any atom is 0 e. The summed E-state index contributed by atoms with van der Waals surface area (Å²) in [7, 11) is 0. The van der Waals surface area contributed by atoms with Gasteiger partial charge in [-0.15, -0.1) is 0 Å². The molecule has 0 fully saturated rings. The molecular formula is H6DyFeO3. The molecule has 0 aromatic carbocycles. The standard InChI is InChI=1S/Dy.Fe.3H2O/h;;3*1H2. The number of rotatable bonds is 0. The van der Waals surface area contributed by atoms with Gasteiger partial charge >= 0.3 is 0 Å². The predicted molar refractivity (Wildman–Crippen MR) is 10.8 cm³/mol. The van der Waals surface area contributed by atoms with Crippen LogP contribution >= 0.6 is 0 Å². The summed E-state index contributed by atoms with van der Waals surface area (Å²) in [5.41, 5.74) is 0. The van der Waals surface area contributed by atoms with E-state index in [2.05, 4.69) is 0 Å². The van der Waals surface area contributed by atoms with Crippen LogP contribution in [0.15, 0.2) is 0 Å². The van der Waals surface area contributed by atoms with Crippen molar-refractivity contribution in [3.63, 3.8) is 0 Å². The summed E-state index contributed by atoms with van der Waals surface area (Å²) in [5.74, 6) is 0. The smallest absolute Gasteiger partial charge is 0 e. The predicted octanol–water partition coefficient (Wildman–Crippen LogP) is -2.48. The summed E-state index contributed by atoms with van der Waals surface area (Å²) >= 11 is 0. The molecule has 42 valence electrons. The van der Waals surface area contributed by atoms with Gasteiger partial charge < -0.3 is 16.4 Å². The van der Waals surface area contributed by atoms with E-state index in [1.165, 1.54) is 0 Å². The zero-order valence-electron chi connectivity index (χ0n) is 2.17.